The van der Waals surface area contributed by atoms with Gasteiger partial charge in [-0.1, -0.05) is 6.07 Å². The minimum Gasteiger partial charge on any atom is -0.479 e. The maximum Gasteiger partial charge on any atom is 0.334 e. The number of nitrogens with zero attached hydrogens (tertiary/aromatic N) is 2. The van der Waals surface area contributed by atoms with Crippen LogP contribution in [0.15, 0.2) is 17.5 Å². The third-order valence-corrected chi connectivity index (χ3v) is 4.25. The third kappa shape index (κ3) is 3.95. The highest BCUT2D eigenvalue weighted by atomic mass is 32.1. The molecule has 2 rings (SSSR count). The molecule has 1 N–H and O–H groups in total. The Labute approximate surface area is 127 Å². The molecule has 1 saturated heterocycles. The molecule has 0 radical (unpaired) electrons. The van der Waals surface area contributed by atoms with Crippen LogP contribution in [0.1, 0.15) is 18.7 Å². The minimum absolute atomic E-state index is 0.0470. The van der Waals surface area contributed by atoms with Crippen LogP contribution in [0.3, 0.4) is 0 Å². The Hall–Kier alpha value is -1.60. The number of carboxylic acids is 1. The highest BCUT2D eigenvalue weighted by molar-refractivity contribution is 7.09. The monoisotopic (exact) mass is 312 g/mol. The van der Waals surface area contributed by atoms with Crippen molar-refractivity contribution in [1.82, 2.24) is 9.80 Å². The van der Waals surface area contributed by atoms with Gasteiger partial charge >= 0.3 is 12.0 Å². The van der Waals surface area contributed by atoms with E-state index in [1.807, 2.05) is 31.4 Å². The fraction of sp³-hybridized carbons (Fsp3) is 0.571. The van der Waals surface area contributed by atoms with Gasteiger partial charge in [-0.25, -0.2) is 9.59 Å². The quantitative estimate of drug-likeness (QED) is 0.921. The lowest BCUT2D eigenvalue weighted by Crippen LogP contribution is -2.53. The minimum atomic E-state index is -1.03. The van der Waals surface area contributed by atoms with E-state index in [-0.39, 0.29) is 25.2 Å². The highest BCUT2D eigenvalue weighted by Crippen LogP contribution is 2.17. The molecule has 0 bridgehead atoms. The first-order valence-electron chi connectivity index (χ1n) is 6.91. The topological polar surface area (TPSA) is 70.1 Å². The zero-order chi connectivity index (χ0) is 15.4. The zero-order valence-corrected chi connectivity index (χ0v) is 13.0. The predicted molar refractivity (Wildman–Crippen MR) is 79.3 cm³/mol. The molecule has 1 unspecified atom stereocenters. The van der Waals surface area contributed by atoms with Gasteiger partial charge in [0.15, 0.2) is 6.10 Å². The molecule has 1 aromatic rings. The molecule has 7 heteroatoms. The first kappa shape index (κ1) is 15.8. The van der Waals surface area contributed by atoms with Crippen molar-refractivity contribution in [2.24, 2.45) is 0 Å². The van der Waals surface area contributed by atoms with Crippen molar-refractivity contribution in [3.8, 4) is 0 Å². The highest BCUT2D eigenvalue weighted by Gasteiger charge is 2.32. The van der Waals surface area contributed by atoms with Crippen molar-refractivity contribution in [3.63, 3.8) is 0 Å². The number of rotatable bonds is 4. The number of carbonyl (C=O) groups excluding carboxylic acids is 1. The standard InChI is InChI=1S/C14H20N2O4S/c1-10(2)16(8-11-4-3-7-21-11)14(19)15-5-6-20-12(9-15)13(17)18/h3-4,7,10,12H,5-6,8-9H2,1-2H3,(H,17,18). The summed E-state index contributed by atoms with van der Waals surface area (Å²) in [6.45, 7) is 5.25. The van der Waals surface area contributed by atoms with Crippen molar-refractivity contribution >= 4 is 23.3 Å². The van der Waals surface area contributed by atoms with Gasteiger partial charge in [0.2, 0.25) is 0 Å². The molecular formula is C14H20N2O4S. The molecule has 1 aliphatic rings. The van der Waals surface area contributed by atoms with Crippen LogP contribution in [0, 0.1) is 0 Å². The van der Waals surface area contributed by atoms with E-state index in [4.69, 9.17) is 9.84 Å². The fourth-order valence-electron chi connectivity index (χ4n) is 2.20. The van der Waals surface area contributed by atoms with Gasteiger partial charge in [-0.3, -0.25) is 0 Å². The van der Waals surface area contributed by atoms with Crippen molar-refractivity contribution in [3.05, 3.63) is 22.4 Å². The fourth-order valence-corrected chi connectivity index (χ4v) is 2.90. The van der Waals surface area contributed by atoms with Crippen LogP contribution in [0.4, 0.5) is 4.79 Å². The molecule has 0 spiro atoms. The van der Waals surface area contributed by atoms with E-state index in [1.165, 1.54) is 0 Å². The maximum atomic E-state index is 12.6. The first-order valence-corrected chi connectivity index (χ1v) is 7.79. The van der Waals surface area contributed by atoms with Gasteiger partial charge in [-0.2, -0.15) is 0 Å². The molecule has 1 aliphatic heterocycles. The van der Waals surface area contributed by atoms with Crippen LogP contribution in [0.5, 0.6) is 0 Å². The lowest BCUT2D eigenvalue weighted by molar-refractivity contribution is -0.154. The predicted octanol–water partition coefficient (Wildman–Crippen LogP) is 1.86. The van der Waals surface area contributed by atoms with Crippen LogP contribution < -0.4 is 0 Å². The summed E-state index contributed by atoms with van der Waals surface area (Å²) in [5.41, 5.74) is 0. The van der Waals surface area contributed by atoms with Gasteiger partial charge in [-0.15, -0.1) is 11.3 Å². The molecule has 0 aromatic carbocycles. The molecule has 1 fully saturated rings. The Morgan fingerprint density at radius 3 is 2.90 bits per heavy atom. The average molecular weight is 312 g/mol. The Morgan fingerprint density at radius 1 is 1.57 bits per heavy atom. The molecule has 6 nitrogen and oxygen atoms in total. The number of hydrogen-bond donors (Lipinski definition) is 1. The molecule has 1 aromatic heterocycles. The van der Waals surface area contributed by atoms with Crippen molar-refractivity contribution in [2.75, 3.05) is 19.7 Å². The second-order valence-electron chi connectivity index (χ2n) is 5.23. The van der Waals surface area contributed by atoms with Gasteiger partial charge in [0.25, 0.3) is 0 Å². The van der Waals surface area contributed by atoms with Crippen LogP contribution in [-0.2, 0) is 16.1 Å². The van der Waals surface area contributed by atoms with Crippen LogP contribution in [0.2, 0.25) is 0 Å². The number of urea groups is 1. The van der Waals surface area contributed by atoms with Gasteiger partial charge in [-0.05, 0) is 25.3 Å². The van der Waals surface area contributed by atoms with E-state index in [0.717, 1.165) is 4.88 Å². The summed E-state index contributed by atoms with van der Waals surface area (Å²) in [6, 6.07) is 3.86. The van der Waals surface area contributed by atoms with Gasteiger partial charge in [0, 0.05) is 17.5 Å². The summed E-state index contributed by atoms with van der Waals surface area (Å²) in [6.07, 6.45) is -0.932. The van der Waals surface area contributed by atoms with E-state index in [1.54, 1.807) is 21.1 Å². The largest absolute Gasteiger partial charge is 0.479 e. The van der Waals surface area contributed by atoms with Crippen LogP contribution >= 0.6 is 11.3 Å². The molecular weight excluding hydrogens is 292 g/mol. The SMILES string of the molecule is CC(C)N(Cc1cccs1)C(=O)N1CCOC(C(=O)O)C1. The van der Waals surface area contributed by atoms with E-state index >= 15 is 0 Å². The normalized spacial score (nSPS) is 18.8. The summed E-state index contributed by atoms with van der Waals surface area (Å²) in [5.74, 6) is -1.03. The summed E-state index contributed by atoms with van der Waals surface area (Å²) in [7, 11) is 0. The van der Waals surface area contributed by atoms with Crippen molar-refractivity contribution in [2.45, 2.75) is 32.5 Å². The number of carbonyl (C=O) groups is 2. The van der Waals surface area contributed by atoms with Crippen LogP contribution in [-0.4, -0.2) is 58.7 Å². The molecule has 0 aliphatic carbocycles. The second-order valence-corrected chi connectivity index (χ2v) is 6.26. The summed E-state index contributed by atoms with van der Waals surface area (Å²) >= 11 is 1.61. The molecule has 2 amide bonds. The molecule has 116 valence electrons. The number of aliphatic carboxylic acids is 1. The van der Waals surface area contributed by atoms with E-state index in [9.17, 15) is 9.59 Å². The Balaban J connectivity index is 2.05. The van der Waals surface area contributed by atoms with E-state index in [2.05, 4.69) is 0 Å². The second kappa shape index (κ2) is 6.91. The lowest BCUT2D eigenvalue weighted by Gasteiger charge is -2.36. The Bertz CT molecular complexity index is 489. The lowest BCUT2D eigenvalue weighted by atomic mass is 10.2. The van der Waals surface area contributed by atoms with Gasteiger partial charge in [0.1, 0.15) is 0 Å². The van der Waals surface area contributed by atoms with Crippen molar-refractivity contribution < 1.29 is 19.4 Å². The van der Waals surface area contributed by atoms with Gasteiger partial charge < -0.3 is 19.6 Å². The molecule has 21 heavy (non-hydrogen) atoms. The number of hydrogen-bond acceptors (Lipinski definition) is 4. The summed E-state index contributed by atoms with van der Waals surface area (Å²) in [5, 5.41) is 11.0. The third-order valence-electron chi connectivity index (χ3n) is 3.39. The van der Waals surface area contributed by atoms with Gasteiger partial charge in [0.05, 0.1) is 19.7 Å². The van der Waals surface area contributed by atoms with E-state index in [0.29, 0.717) is 13.1 Å². The molecule has 1 atom stereocenters. The maximum absolute atomic E-state index is 12.6. The first-order chi connectivity index (χ1) is 9.99. The number of amides is 2. The number of ether oxygens (including phenoxy) is 1. The molecule has 2 heterocycles. The number of carboxylic acid groups (broad SMARTS) is 1. The molecule has 0 saturated carbocycles. The average Bonchev–Trinajstić information content (AvgIpc) is 2.97. The van der Waals surface area contributed by atoms with Crippen LogP contribution in [0.25, 0.3) is 0 Å². The summed E-state index contributed by atoms with van der Waals surface area (Å²) in [4.78, 5) is 28.1. The number of morpholine rings is 1. The Morgan fingerprint density at radius 2 is 2.33 bits per heavy atom. The van der Waals surface area contributed by atoms with E-state index < -0.39 is 12.1 Å². The number of thiophene rings is 1. The van der Waals surface area contributed by atoms with Crippen molar-refractivity contribution in [1.29, 1.82) is 0 Å². The smallest absolute Gasteiger partial charge is 0.334 e. The zero-order valence-electron chi connectivity index (χ0n) is 12.2. The Kier molecular flexibility index (Phi) is 5.19. The summed E-state index contributed by atoms with van der Waals surface area (Å²) < 4.78 is 5.16.